The van der Waals surface area contributed by atoms with Gasteiger partial charge in [-0.3, -0.25) is 0 Å². The summed E-state index contributed by atoms with van der Waals surface area (Å²) < 4.78 is 0. The van der Waals surface area contributed by atoms with Crippen LogP contribution in [0.3, 0.4) is 0 Å². The number of aromatic nitrogens is 1. The monoisotopic (exact) mass is 303 g/mol. The third kappa shape index (κ3) is 3.44. The highest BCUT2D eigenvalue weighted by Gasteiger charge is 2.26. The van der Waals surface area contributed by atoms with E-state index in [1.807, 2.05) is 6.92 Å². The maximum absolute atomic E-state index is 10.1. The summed E-state index contributed by atoms with van der Waals surface area (Å²) in [5.41, 5.74) is -0.598. The maximum Gasteiger partial charge on any atom is 0.149 e. The minimum atomic E-state index is -0.598. The van der Waals surface area contributed by atoms with E-state index < -0.39 is 5.60 Å². The molecular weight excluding hydrogens is 285 g/mol. The molecule has 1 atom stereocenters. The quantitative estimate of drug-likeness (QED) is 0.881. The number of nitrogens with zero attached hydrogens (tertiary/aromatic N) is 2. The normalized spacial score (nSPS) is 24.2. The zero-order valence-corrected chi connectivity index (χ0v) is 12.7. The van der Waals surface area contributed by atoms with Gasteiger partial charge in [-0.15, -0.1) is 0 Å². The van der Waals surface area contributed by atoms with Crippen LogP contribution in [0.4, 0.5) is 11.6 Å². The molecule has 1 aromatic rings. The second-order valence-corrected chi connectivity index (χ2v) is 6.03. The van der Waals surface area contributed by atoms with E-state index in [2.05, 4.69) is 15.2 Å². The third-order valence-corrected chi connectivity index (χ3v) is 4.08. The Labute approximate surface area is 123 Å². The van der Waals surface area contributed by atoms with Crippen molar-refractivity contribution in [1.29, 1.82) is 0 Å². The van der Waals surface area contributed by atoms with E-state index in [1.54, 1.807) is 13.1 Å². The Morgan fingerprint density at radius 1 is 1.32 bits per heavy atom. The SMILES string of the molecule is CNc1nc(N2CCCC(C)(O)CC2)c(Cl)cc1Cl. The first-order chi connectivity index (χ1) is 8.93. The molecule has 2 rings (SSSR count). The fourth-order valence-electron chi connectivity index (χ4n) is 2.33. The minimum Gasteiger partial charge on any atom is -0.390 e. The second-order valence-electron chi connectivity index (χ2n) is 5.21. The number of halogens is 2. The molecule has 0 radical (unpaired) electrons. The predicted octanol–water partition coefficient (Wildman–Crippen LogP) is 3.17. The topological polar surface area (TPSA) is 48.4 Å². The van der Waals surface area contributed by atoms with E-state index in [0.717, 1.165) is 31.7 Å². The van der Waals surface area contributed by atoms with Crippen LogP contribution in [0.25, 0.3) is 0 Å². The number of anilines is 2. The van der Waals surface area contributed by atoms with Crippen LogP contribution in [0.2, 0.25) is 10.0 Å². The Bertz CT molecular complexity index is 465. The molecule has 2 heterocycles. The molecule has 106 valence electrons. The van der Waals surface area contributed by atoms with Crippen molar-refractivity contribution in [3.8, 4) is 0 Å². The summed E-state index contributed by atoms with van der Waals surface area (Å²) >= 11 is 12.3. The van der Waals surface area contributed by atoms with Gasteiger partial charge in [-0.1, -0.05) is 23.2 Å². The highest BCUT2D eigenvalue weighted by atomic mass is 35.5. The molecule has 0 aliphatic carbocycles. The van der Waals surface area contributed by atoms with Gasteiger partial charge in [-0.2, -0.15) is 0 Å². The van der Waals surface area contributed by atoms with E-state index >= 15 is 0 Å². The smallest absolute Gasteiger partial charge is 0.149 e. The van der Waals surface area contributed by atoms with Gasteiger partial charge in [0.25, 0.3) is 0 Å². The van der Waals surface area contributed by atoms with E-state index in [9.17, 15) is 5.11 Å². The van der Waals surface area contributed by atoms with Gasteiger partial charge in [-0.25, -0.2) is 4.98 Å². The van der Waals surface area contributed by atoms with Gasteiger partial charge < -0.3 is 15.3 Å². The number of aliphatic hydroxyl groups is 1. The molecule has 0 saturated carbocycles. The molecule has 0 spiro atoms. The van der Waals surface area contributed by atoms with Crippen LogP contribution in [-0.4, -0.2) is 35.8 Å². The summed E-state index contributed by atoms with van der Waals surface area (Å²) in [5, 5.41) is 14.1. The molecule has 2 N–H and O–H groups in total. The third-order valence-electron chi connectivity index (χ3n) is 3.51. The molecule has 0 aromatic carbocycles. The fraction of sp³-hybridized carbons (Fsp3) is 0.615. The molecule has 1 saturated heterocycles. The minimum absolute atomic E-state index is 0.512. The van der Waals surface area contributed by atoms with E-state index in [4.69, 9.17) is 23.2 Å². The average Bonchev–Trinajstić information content (AvgIpc) is 2.51. The van der Waals surface area contributed by atoms with Gasteiger partial charge in [0.2, 0.25) is 0 Å². The van der Waals surface area contributed by atoms with Crippen molar-refractivity contribution in [2.45, 2.75) is 31.8 Å². The molecule has 0 amide bonds. The predicted molar refractivity (Wildman–Crippen MR) is 80.5 cm³/mol. The Morgan fingerprint density at radius 2 is 2.05 bits per heavy atom. The Balaban J connectivity index is 2.26. The first-order valence-electron chi connectivity index (χ1n) is 6.44. The van der Waals surface area contributed by atoms with Gasteiger partial charge in [0.05, 0.1) is 15.6 Å². The van der Waals surface area contributed by atoms with Crippen molar-refractivity contribution in [1.82, 2.24) is 4.98 Å². The summed E-state index contributed by atoms with van der Waals surface area (Å²) in [6.07, 6.45) is 2.43. The standard InChI is InChI=1S/C13H19Cl2N3O/c1-13(19)4-3-6-18(7-5-13)12-10(15)8-9(14)11(16-2)17-12/h8,19H,3-7H2,1-2H3,(H,16,17). The molecule has 1 aliphatic heterocycles. The lowest BCUT2D eigenvalue weighted by Crippen LogP contribution is -2.29. The van der Waals surface area contributed by atoms with Gasteiger partial charge in [0, 0.05) is 20.1 Å². The van der Waals surface area contributed by atoms with Crippen LogP contribution in [0.15, 0.2) is 6.07 Å². The molecule has 6 heteroatoms. The van der Waals surface area contributed by atoms with Gasteiger partial charge in [0.1, 0.15) is 11.6 Å². The highest BCUT2D eigenvalue weighted by molar-refractivity contribution is 6.37. The lowest BCUT2D eigenvalue weighted by molar-refractivity contribution is 0.0481. The number of rotatable bonds is 2. The van der Waals surface area contributed by atoms with Crippen molar-refractivity contribution >= 4 is 34.8 Å². The Kier molecular flexibility index (Phi) is 4.43. The summed E-state index contributed by atoms with van der Waals surface area (Å²) in [5.74, 6) is 1.35. The summed E-state index contributed by atoms with van der Waals surface area (Å²) in [6.45, 7) is 3.46. The first-order valence-corrected chi connectivity index (χ1v) is 7.20. The average molecular weight is 304 g/mol. The van der Waals surface area contributed by atoms with Crippen LogP contribution in [0.1, 0.15) is 26.2 Å². The summed E-state index contributed by atoms with van der Waals surface area (Å²) in [7, 11) is 1.78. The molecule has 19 heavy (non-hydrogen) atoms. The van der Waals surface area contributed by atoms with E-state index in [0.29, 0.717) is 22.3 Å². The van der Waals surface area contributed by atoms with Gasteiger partial charge in [0.15, 0.2) is 0 Å². The van der Waals surface area contributed by atoms with Crippen LogP contribution in [0, 0.1) is 0 Å². The molecule has 0 bridgehead atoms. The van der Waals surface area contributed by atoms with Crippen LogP contribution >= 0.6 is 23.2 Å². The lowest BCUT2D eigenvalue weighted by Gasteiger charge is -2.24. The van der Waals surface area contributed by atoms with Crippen molar-refractivity contribution in [2.24, 2.45) is 0 Å². The van der Waals surface area contributed by atoms with Crippen molar-refractivity contribution in [3.63, 3.8) is 0 Å². The van der Waals surface area contributed by atoms with Crippen LogP contribution in [-0.2, 0) is 0 Å². The molecule has 4 nitrogen and oxygen atoms in total. The molecule has 1 aromatic heterocycles. The molecule has 1 aliphatic rings. The lowest BCUT2D eigenvalue weighted by atomic mass is 9.98. The fourth-order valence-corrected chi connectivity index (χ4v) is 2.90. The van der Waals surface area contributed by atoms with Crippen LogP contribution in [0.5, 0.6) is 0 Å². The maximum atomic E-state index is 10.1. The van der Waals surface area contributed by atoms with Crippen molar-refractivity contribution in [2.75, 3.05) is 30.4 Å². The Hall–Kier alpha value is -0.710. The zero-order chi connectivity index (χ0) is 14.0. The number of nitrogens with one attached hydrogen (secondary N) is 1. The van der Waals surface area contributed by atoms with E-state index in [1.165, 1.54) is 0 Å². The van der Waals surface area contributed by atoms with Crippen molar-refractivity contribution < 1.29 is 5.11 Å². The first kappa shape index (κ1) is 14.7. The number of pyridine rings is 1. The molecular formula is C13H19Cl2N3O. The second kappa shape index (κ2) is 5.73. The van der Waals surface area contributed by atoms with Crippen molar-refractivity contribution in [3.05, 3.63) is 16.1 Å². The Morgan fingerprint density at radius 3 is 2.74 bits per heavy atom. The highest BCUT2D eigenvalue weighted by Crippen LogP contribution is 2.33. The summed E-state index contributed by atoms with van der Waals surface area (Å²) in [4.78, 5) is 6.58. The van der Waals surface area contributed by atoms with Gasteiger partial charge in [-0.05, 0) is 32.3 Å². The van der Waals surface area contributed by atoms with Crippen LogP contribution < -0.4 is 10.2 Å². The van der Waals surface area contributed by atoms with Gasteiger partial charge >= 0.3 is 0 Å². The molecule has 1 fully saturated rings. The zero-order valence-electron chi connectivity index (χ0n) is 11.2. The summed E-state index contributed by atoms with van der Waals surface area (Å²) in [6, 6.07) is 1.71. The number of hydrogen-bond donors (Lipinski definition) is 2. The molecule has 1 unspecified atom stereocenters. The number of hydrogen-bond acceptors (Lipinski definition) is 4. The van der Waals surface area contributed by atoms with E-state index in [-0.39, 0.29) is 0 Å². The largest absolute Gasteiger partial charge is 0.390 e.